The highest BCUT2D eigenvalue weighted by Crippen LogP contribution is 2.17. The van der Waals surface area contributed by atoms with Gasteiger partial charge in [0.1, 0.15) is 6.61 Å². The van der Waals surface area contributed by atoms with Crippen molar-refractivity contribution in [3.8, 4) is 0 Å². The van der Waals surface area contributed by atoms with Crippen LogP contribution in [0.2, 0.25) is 31.7 Å². The number of rotatable bonds is 18. The molecule has 0 saturated heterocycles. The zero-order chi connectivity index (χ0) is 32.5. The van der Waals surface area contributed by atoms with Gasteiger partial charge < -0.3 is 23.1 Å². The van der Waals surface area contributed by atoms with Gasteiger partial charge in [-0.1, -0.05) is 32.8 Å². The van der Waals surface area contributed by atoms with Gasteiger partial charge in [0, 0.05) is 29.9 Å². The van der Waals surface area contributed by atoms with Crippen molar-refractivity contribution >= 4 is 51.0 Å². The molecule has 10 nitrogen and oxygen atoms in total. The van der Waals surface area contributed by atoms with Gasteiger partial charge in [0.05, 0.1) is 19.8 Å². The molecule has 0 saturated carbocycles. The molecule has 0 aliphatic rings. The van der Waals surface area contributed by atoms with Crippen LogP contribution in [0.25, 0.3) is 0 Å². The van der Waals surface area contributed by atoms with Gasteiger partial charge in [-0.25, -0.2) is 24.2 Å². The first kappa shape index (κ1) is 43.1. The number of carbonyl (C=O) groups excluding carboxylic acids is 4. The first-order valence-electron chi connectivity index (χ1n) is 13.4. The second-order valence-corrected chi connectivity index (χ2v) is 20.0. The Hall–Kier alpha value is -2.35. The van der Waals surface area contributed by atoms with E-state index in [1.165, 1.54) is 6.08 Å². The van der Waals surface area contributed by atoms with Crippen LogP contribution in [0.5, 0.6) is 0 Å². The summed E-state index contributed by atoms with van der Waals surface area (Å²) in [6.45, 7) is 27.8. The molecule has 13 heteroatoms. The van der Waals surface area contributed by atoms with E-state index in [0.717, 1.165) is 24.9 Å². The number of hydrogen-bond acceptors (Lipinski definition) is 10. The van der Waals surface area contributed by atoms with Crippen molar-refractivity contribution in [1.82, 2.24) is 0 Å². The molecule has 0 aliphatic carbocycles. The smallest absolute Gasteiger partial charge is 0.335 e. The van der Waals surface area contributed by atoms with E-state index < -0.39 is 21.9 Å². The Bertz CT molecular complexity index is 876. The molecule has 0 amide bonds. The Morgan fingerprint density at radius 2 is 1.10 bits per heavy atom. The summed E-state index contributed by atoms with van der Waals surface area (Å²) in [6.07, 6.45) is 2.95. The van der Waals surface area contributed by atoms with E-state index in [-0.39, 0.29) is 25.1 Å². The zero-order valence-electron chi connectivity index (χ0n) is 26.2. The maximum Gasteiger partial charge on any atom is 0.335 e. The number of halogens is 1. The highest BCUT2D eigenvalue weighted by Gasteiger charge is 2.30. The van der Waals surface area contributed by atoms with Crippen LogP contribution in [-0.2, 0) is 42.2 Å². The fourth-order valence-electron chi connectivity index (χ4n) is 2.61. The van der Waals surface area contributed by atoms with Crippen LogP contribution in [0.3, 0.4) is 0 Å². The number of nitrogens with zero attached hydrogens (tertiary/aromatic N) is 1. The SMILES string of the molecule is C=C(C)C(=O)OCCC[Si](C)(C)Cl.C=C(C)C(=O)OCCC[Si](C)(OCC)OCC.C=C(C)C(=O)OCCN=C=O. The van der Waals surface area contributed by atoms with Crippen molar-refractivity contribution < 1.29 is 42.2 Å². The van der Waals surface area contributed by atoms with Crippen molar-refractivity contribution in [2.24, 2.45) is 4.99 Å². The summed E-state index contributed by atoms with van der Waals surface area (Å²) in [4.78, 5) is 45.4. The van der Waals surface area contributed by atoms with Gasteiger partial charge in [-0.2, -0.15) is 11.1 Å². The summed E-state index contributed by atoms with van der Waals surface area (Å²) in [7, 11) is -3.56. The minimum atomic E-state index is -2.06. The average Bonchev–Trinajstić information content (AvgIpc) is 2.87. The summed E-state index contributed by atoms with van der Waals surface area (Å²) < 4.78 is 25.9. The van der Waals surface area contributed by atoms with E-state index >= 15 is 0 Å². The van der Waals surface area contributed by atoms with E-state index in [1.54, 1.807) is 20.8 Å². The summed E-state index contributed by atoms with van der Waals surface area (Å²) in [5, 5.41) is 0. The van der Waals surface area contributed by atoms with Gasteiger partial charge in [-0.05, 0) is 66.1 Å². The van der Waals surface area contributed by atoms with Crippen LogP contribution in [-0.4, -0.2) is 79.5 Å². The summed E-state index contributed by atoms with van der Waals surface area (Å²) in [5.41, 5.74) is 1.21. The van der Waals surface area contributed by atoms with Gasteiger partial charge in [0.2, 0.25) is 6.08 Å². The summed E-state index contributed by atoms with van der Waals surface area (Å²) in [6, 6.07) is 1.80. The van der Waals surface area contributed by atoms with Crippen LogP contribution in [0, 0.1) is 0 Å². The molecule has 0 N–H and O–H groups in total. The van der Waals surface area contributed by atoms with Gasteiger partial charge in [-0.15, -0.1) is 0 Å². The van der Waals surface area contributed by atoms with E-state index in [9.17, 15) is 19.2 Å². The molecule has 0 aliphatic heterocycles. The molecule has 0 rings (SSSR count). The summed E-state index contributed by atoms with van der Waals surface area (Å²) in [5.74, 6) is -1.11. The van der Waals surface area contributed by atoms with Crippen molar-refractivity contribution in [2.75, 3.05) is 39.6 Å². The minimum absolute atomic E-state index is 0.0981. The van der Waals surface area contributed by atoms with Crippen molar-refractivity contribution in [1.29, 1.82) is 0 Å². The third-order valence-corrected chi connectivity index (χ3v) is 9.77. The van der Waals surface area contributed by atoms with Gasteiger partial charge in [-0.3, -0.25) is 0 Å². The maximum atomic E-state index is 11.1. The van der Waals surface area contributed by atoms with E-state index in [0.29, 0.717) is 43.1 Å². The van der Waals surface area contributed by atoms with Crippen LogP contribution < -0.4 is 0 Å². The number of carbonyl (C=O) groups is 3. The normalized spacial score (nSPS) is 10.4. The fraction of sp³-hybridized carbons (Fsp3) is 0.643. The molecule has 41 heavy (non-hydrogen) atoms. The molecule has 0 atom stereocenters. The predicted octanol–water partition coefficient (Wildman–Crippen LogP) is 6.02. The standard InChI is InChI=1S/C12H24O4Si.C9H17ClO2Si.C7H9NO3/c1-6-15-17(5,16-7-2)10-8-9-14-12(13)11(3)4;1-8(2)9(11)12-6-5-7-13(3,4)10;1-6(2)7(10)11-4-3-8-5-9/h3,6-10H2,1-2,4-5H3;1,5-7H2,2-4H3;1,3-4H2,2H3. The van der Waals surface area contributed by atoms with Crippen molar-refractivity contribution in [3.05, 3.63) is 36.5 Å². The molecule has 0 heterocycles. The van der Waals surface area contributed by atoms with Crippen molar-refractivity contribution in [2.45, 2.75) is 79.2 Å². The monoisotopic (exact) mass is 635 g/mol. The molecule has 0 fully saturated rings. The predicted molar refractivity (Wildman–Crippen MR) is 167 cm³/mol. The molecule has 0 aromatic heterocycles. The van der Waals surface area contributed by atoms with Crippen molar-refractivity contribution in [3.63, 3.8) is 0 Å². The number of aliphatic imine (C=N–C) groups is 1. The van der Waals surface area contributed by atoms with Crippen LogP contribution in [0.4, 0.5) is 0 Å². The largest absolute Gasteiger partial charge is 0.462 e. The Morgan fingerprint density at radius 3 is 1.41 bits per heavy atom. The van der Waals surface area contributed by atoms with Crippen LogP contribution >= 0.6 is 11.1 Å². The topological polar surface area (TPSA) is 127 Å². The lowest BCUT2D eigenvalue weighted by atomic mass is 10.4. The van der Waals surface area contributed by atoms with Crippen LogP contribution in [0.15, 0.2) is 41.4 Å². The first-order chi connectivity index (χ1) is 19.0. The lowest BCUT2D eigenvalue weighted by Crippen LogP contribution is -2.38. The molecule has 236 valence electrons. The fourth-order valence-corrected chi connectivity index (χ4v) is 6.38. The van der Waals surface area contributed by atoms with Gasteiger partial charge in [0.15, 0.2) is 7.38 Å². The Balaban J connectivity index is -0.000000543. The average molecular weight is 636 g/mol. The molecule has 0 spiro atoms. The Labute approximate surface area is 253 Å². The molecular weight excluding hydrogens is 586 g/mol. The lowest BCUT2D eigenvalue weighted by Gasteiger charge is -2.25. The van der Waals surface area contributed by atoms with E-state index in [2.05, 4.69) is 42.6 Å². The molecule has 0 aromatic rings. The van der Waals surface area contributed by atoms with Crippen LogP contribution in [0.1, 0.15) is 47.5 Å². The van der Waals surface area contributed by atoms with Gasteiger partial charge in [0.25, 0.3) is 0 Å². The molecule has 0 aromatic carbocycles. The molecule has 0 bridgehead atoms. The second-order valence-electron chi connectivity index (χ2n) is 9.65. The third kappa shape index (κ3) is 30.4. The Morgan fingerprint density at radius 1 is 0.732 bits per heavy atom. The third-order valence-electron chi connectivity index (χ3n) is 4.60. The second kappa shape index (κ2) is 25.4. The number of esters is 3. The van der Waals surface area contributed by atoms with E-state index in [4.69, 9.17) is 29.4 Å². The molecule has 0 radical (unpaired) electrons. The lowest BCUT2D eigenvalue weighted by molar-refractivity contribution is -0.139. The van der Waals surface area contributed by atoms with E-state index in [1.807, 2.05) is 20.4 Å². The summed E-state index contributed by atoms with van der Waals surface area (Å²) >= 11 is 6.09. The zero-order valence-corrected chi connectivity index (χ0v) is 28.9. The highest BCUT2D eigenvalue weighted by molar-refractivity contribution is 7.19. The molecule has 0 unspecified atom stereocenters. The minimum Gasteiger partial charge on any atom is -0.462 e. The number of hydrogen-bond donors (Lipinski definition) is 0. The quantitative estimate of drug-likeness (QED) is 0.0259. The molecular formula is C28H50ClNO9Si2. The maximum absolute atomic E-state index is 11.1. The number of ether oxygens (including phenoxy) is 3. The Kier molecular flexibility index (Phi) is 26.7. The van der Waals surface area contributed by atoms with Gasteiger partial charge >= 0.3 is 26.5 Å². The first-order valence-corrected chi connectivity index (χ1v) is 20.2. The highest BCUT2D eigenvalue weighted by atomic mass is 35.6. The number of isocyanates is 1.